The molecule has 4 nitrogen and oxygen atoms in total. The van der Waals surface area contributed by atoms with E-state index < -0.39 is 0 Å². The molecule has 0 radical (unpaired) electrons. The first kappa shape index (κ1) is 44.3. The molecule has 0 saturated heterocycles. The third-order valence-corrected chi connectivity index (χ3v) is 18.9. The maximum absolute atomic E-state index is 6.76. The van der Waals surface area contributed by atoms with Crippen LogP contribution in [0.1, 0.15) is 149 Å². The van der Waals surface area contributed by atoms with E-state index >= 15 is 0 Å². The van der Waals surface area contributed by atoms with Crippen molar-refractivity contribution in [1.82, 2.24) is 4.57 Å². The van der Waals surface area contributed by atoms with Crippen LogP contribution in [0.25, 0.3) is 49.7 Å². The van der Waals surface area contributed by atoms with Crippen molar-refractivity contribution in [1.29, 1.82) is 0 Å². The SMILES string of the molecule is CC(C)(C)c1ccc2c(c1)N(c1cccc3oc4ccccc4c13)c1cc(N3c4ccc(C(C)(C)C)cc4C4(C)CCCCC34C)cc3c1B2c1cc(C(C)(C)C)cc2c4c(n-3c12)C(C)(C)c1ccccc1-4. The number of fused-ring (bicyclic) bond motifs is 15. The molecular weight excluding hydrogens is 874 g/mol. The summed E-state index contributed by atoms with van der Waals surface area (Å²) in [4.78, 5) is 5.51. The third kappa shape index (κ3) is 5.55. The van der Waals surface area contributed by atoms with Crippen molar-refractivity contribution in [3.63, 3.8) is 0 Å². The quantitative estimate of drug-likeness (QED) is 0.161. The van der Waals surface area contributed by atoms with Crippen molar-refractivity contribution in [2.24, 2.45) is 0 Å². The van der Waals surface area contributed by atoms with E-state index in [2.05, 4.69) is 232 Å². The summed E-state index contributed by atoms with van der Waals surface area (Å²) in [5, 5.41) is 3.67. The monoisotopic (exact) mass is 942 g/mol. The zero-order valence-electron chi connectivity index (χ0n) is 44.8. The lowest BCUT2D eigenvalue weighted by Crippen LogP contribution is -2.61. The molecule has 7 aromatic carbocycles. The molecule has 360 valence electrons. The average Bonchev–Trinajstić information content (AvgIpc) is 4.02. The Morgan fingerprint density at radius 3 is 1.99 bits per heavy atom. The maximum Gasteiger partial charge on any atom is 0.252 e. The van der Waals surface area contributed by atoms with Crippen LogP contribution in [0.5, 0.6) is 0 Å². The minimum absolute atomic E-state index is 0.00830. The molecule has 3 aliphatic heterocycles. The molecule has 1 saturated carbocycles. The molecule has 0 bridgehead atoms. The Morgan fingerprint density at radius 2 is 1.21 bits per heavy atom. The van der Waals surface area contributed by atoms with Crippen molar-refractivity contribution in [2.75, 3.05) is 9.80 Å². The fourth-order valence-corrected chi connectivity index (χ4v) is 14.8. The fourth-order valence-electron chi connectivity index (χ4n) is 14.8. The number of para-hydroxylation sites is 1. The summed E-state index contributed by atoms with van der Waals surface area (Å²) in [6.45, 7) is 31.5. The molecule has 14 rings (SSSR count). The van der Waals surface area contributed by atoms with Crippen LogP contribution in [0.2, 0.25) is 0 Å². The summed E-state index contributed by atoms with van der Waals surface area (Å²) in [5.74, 6) is 0. The van der Waals surface area contributed by atoms with Gasteiger partial charge in [0.1, 0.15) is 11.2 Å². The molecule has 0 N–H and O–H groups in total. The van der Waals surface area contributed by atoms with Crippen LogP contribution >= 0.6 is 0 Å². The van der Waals surface area contributed by atoms with E-state index in [-0.39, 0.29) is 39.3 Å². The second-order valence-electron chi connectivity index (χ2n) is 26.5. The number of benzene rings is 7. The molecule has 1 fully saturated rings. The lowest BCUT2D eigenvalue weighted by molar-refractivity contribution is 0.195. The molecular formula is C67H68BN3O. The van der Waals surface area contributed by atoms with Crippen LogP contribution in [0, 0.1) is 0 Å². The first-order valence-electron chi connectivity index (χ1n) is 26.9. The minimum atomic E-state index is -0.257. The number of anilines is 5. The van der Waals surface area contributed by atoms with Gasteiger partial charge in [-0.1, -0.05) is 175 Å². The van der Waals surface area contributed by atoms with Crippen molar-refractivity contribution in [3.8, 4) is 16.8 Å². The molecule has 0 spiro atoms. The van der Waals surface area contributed by atoms with E-state index in [9.17, 15) is 0 Å². The van der Waals surface area contributed by atoms with Crippen molar-refractivity contribution < 1.29 is 4.42 Å². The minimum Gasteiger partial charge on any atom is -0.456 e. The van der Waals surface area contributed by atoms with E-state index in [4.69, 9.17) is 4.42 Å². The number of aromatic nitrogens is 1. The highest BCUT2D eigenvalue weighted by Gasteiger charge is 2.58. The van der Waals surface area contributed by atoms with Crippen molar-refractivity contribution >= 4 is 84.4 Å². The maximum atomic E-state index is 6.76. The standard InChI is InChI=1S/C67H68BN3O/c1-62(2,3)39-28-30-50-47(34-39)66(12)31-18-19-32-67(66,13)71(50)42-37-53-59-54(38-42)70-60-45(57-43-21-14-16-23-46(43)65(10,11)61(57)70)33-41(64(7,8)9)35-49(60)68(59)48-29-27-40(63(4,5)6)36-52(48)69(53)51-24-20-26-56-58(51)44-22-15-17-25-55(44)72-56/h14-17,20-30,33-38H,18-19,31-32H2,1-13H3. The highest BCUT2D eigenvalue weighted by atomic mass is 16.3. The summed E-state index contributed by atoms with van der Waals surface area (Å²) in [6, 6.07) is 50.1. The molecule has 2 atom stereocenters. The first-order chi connectivity index (χ1) is 34.1. The molecule has 2 aliphatic carbocycles. The van der Waals surface area contributed by atoms with Crippen molar-refractivity contribution in [3.05, 3.63) is 161 Å². The summed E-state index contributed by atoms with van der Waals surface area (Å²) in [5.41, 5.74) is 25.6. The average molecular weight is 942 g/mol. The van der Waals surface area contributed by atoms with Gasteiger partial charge >= 0.3 is 0 Å². The van der Waals surface area contributed by atoms with Crippen LogP contribution in [-0.2, 0) is 27.1 Å². The van der Waals surface area contributed by atoms with Gasteiger partial charge in [-0.15, -0.1) is 0 Å². The molecule has 5 heteroatoms. The number of rotatable bonds is 2. The van der Waals surface area contributed by atoms with Gasteiger partial charge in [-0.3, -0.25) is 0 Å². The Kier molecular flexibility index (Phi) is 8.59. The molecule has 5 heterocycles. The van der Waals surface area contributed by atoms with Crippen LogP contribution in [-0.4, -0.2) is 16.8 Å². The van der Waals surface area contributed by atoms with Gasteiger partial charge in [0, 0.05) is 66.8 Å². The third-order valence-electron chi connectivity index (χ3n) is 18.9. The summed E-state index contributed by atoms with van der Waals surface area (Å²) < 4.78 is 9.55. The smallest absolute Gasteiger partial charge is 0.252 e. The molecule has 2 unspecified atom stereocenters. The van der Waals surface area contributed by atoms with E-state index in [1.807, 2.05) is 0 Å². The van der Waals surface area contributed by atoms with Gasteiger partial charge in [0.25, 0.3) is 6.71 Å². The normalized spacial score (nSPS) is 20.5. The Bertz CT molecular complexity index is 3860. The van der Waals surface area contributed by atoms with Crippen LogP contribution < -0.4 is 26.2 Å². The summed E-state index contributed by atoms with van der Waals surface area (Å²) in [7, 11) is 0. The van der Waals surface area contributed by atoms with Crippen molar-refractivity contribution in [2.45, 2.75) is 148 Å². The zero-order chi connectivity index (χ0) is 50.0. The zero-order valence-corrected chi connectivity index (χ0v) is 44.8. The molecule has 2 aromatic heterocycles. The van der Waals surface area contributed by atoms with Gasteiger partial charge in [0.15, 0.2) is 0 Å². The van der Waals surface area contributed by atoms with Gasteiger partial charge < -0.3 is 18.8 Å². The molecule has 72 heavy (non-hydrogen) atoms. The van der Waals surface area contributed by atoms with Gasteiger partial charge in [-0.2, -0.15) is 0 Å². The summed E-state index contributed by atoms with van der Waals surface area (Å²) in [6.07, 6.45) is 4.77. The molecule has 0 amide bonds. The van der Waals surface area contributed by atoms with E-state index in [0.29, 0.717) is 0 Å². The van der Waals surface area contributed by atoms with Gasteiger partial charge in [-0.05, 0) is 134 Å². The lowest BCUT2D eigenvalue weighted by atomic mass is 9.33. The fraction of sp³-hybridized carbons (Fsp3) is 0.343. The van der Waals surface area contributed by atoms with Gasteiger partial charge in [0.05, 0.1) is 16.6 Å². The summed E-state index contributed by atoms with van der Waals surface area (Å²) >= 11 is 0. The van der Waals surface area contributed by atoms with E-state index in [1.165, 1.54) is 120 Å². The molecule has 9 aromatic rings. The highest BCUT2D eigenvalue weighted by molar-refractivity contribution is 7.00. The van der Waals surface area contributed by atoms with Crippen LogP contribution in [0.15, 0.2) is 132 Å². The van der Waals surface area contributed by atoms with E-state index in [1.54, 1.807) is 0 Å². The highest BCUT2D eigenvalue weighted by Crippen LogP contribution is 2.63. The predicted octanol–water partition coefficient (Wildman–Crippen LogP) is 16.1. The second kappa shape index (κ2) is 14.0. The largest absolute Gasteiger partial charge is 0.456 e. The Morgan fingerprint density at radius 1 is 0.528 bits per heavy atom. The Labute approximate surface area is 427 Å². The number of hydrogen-bond acceptors (Lipinski definition) is 3. The predicted molar refractivity (Wildman–Crippen MR) is 306 cm³/mol. The topological polar surface area (TPSA) is 24.6 Å². The van der Waals surface area contributed by atoms with E-state index in [0.717, 1.165) is 34.0 Å². The lowest BCUT2D eigenvalue weighted by Gasteiger charge is -2.51. The Balaban J connectivity index is 1.18. The van der Waals surface area contributed by atoms with Gasteiger partial charge in [-0.25, -0.2) is 0 Å². The second-order valence-corrected chi connectivity index (χ2v) is 26.5. The number of hydrogen-bond donors (Lipinski definition) is 0. The van der Waals surface area contributed by atoms with Crippen LogP contribution in [0.3, 0.4) is 0 Å². The number of nitrogens with zero attached hydrogens (tertiary/aromatic N) is 3. The Hall–Kier alpha value is -6.46. The van der Waals surface area contributed by atoms with Gasteiger partial charge in [0.2, 0.25) is 0 Å². The number of furan rings is 1. The van der Waals surface area contributed by atoms with Crippen LogP contribution in [0.4, 0.5) is 28.4 Å². The molecule has 5 aliphatic rings. The first-order valence-corrected chi connectivity index (χ1v) is 26.9.